The Morgan fingerprint density at radius 1 is 1.56 bits per heavy atom. The number of rotatable bonds is 0. The molecule has 0 aromatic heterocycles. The van der Waals surface area contributed by atoms with Gasteiger partial charge >= 0.3 is 0 Å². The highest BCUT2D eigenvalue weighted by Crippen LogP contribution is 1.98. The fourth-order valence-corrected chi connectivity index (χ4v) is 1.14. The van der Waals surface area contributed by atoms with Gasteiger partial charge in [-0.3, -0.25) is 0 Å². The predicted octanol–water partition coefficient (Wildman–Crippen LogP) is 0.300. The summed E-state index contributed by atoms with van der Waals surface area (Å²) in [6.45, 7) is 5.84. The standard InChI is InChI=1S/C7H16N2/c1-7-6-8-4-3-5-9(7)2/h7-8H,3-6H2,1-2H3/t7-/m0/s1. The molecule has 0 aromatic carbocycles. The summed E-state index contributed by atoms with van der Waals surface area (Å²) in [6, 6.07) is 0.715. The van der Waals surface area contributed by atoms with E-state index in [0.29, 0.717) is 6.04 Å². The van der Waals surface area contributed by atoms with Crippen LogP contribution in [0.2, 0.25) is 0 Å². The van der Waals surface area contributed by atoms with Gasteiger partial charge in [0, 0.05) is 12.6 Å². The quantitative estimate of drug-likeness (QED) is 0.505. The van der Waals surface area contributed by atoms with E-state index in [-0.39, 0.29) is 0 Å². The van der Waals surface area contributed by atoms with E-state index in [1.54, 1.807) is 0 Å². The highest BCUT2D eigenvalue weighted by atomic mass is 15.2. The number of nitrogens with zero attached hydrogens (tertiary/aromatic N) is 1. The minimum absolute atomic E-state index is 0.715. The van der Waals surface area contributed by atoms with Gasteiger partial charge in [0.1, 0.15) is 0 Å². The Balaban J connectivity index is 2.32. The lowest BCUT2D eigenvalue weighted by Gasteiger charge is -2.20. The van der Waals surface area contributed by atoms with Crippen molar-refractivity contribution in [3.8, 4) is 0 Å². The highest BCUT2D eigenvalue weighted by Gasteiger charge is 2.10. The molecule has 2 heteroatoms. The summed E-state index contributed by atoms with van der Waals surface area (Å²) in [5, 5.41) is 3.39. The first-order chi connectivity index (χ1) is 4.30. The molecule has 9 heavy (non-hydrogen) atoms. The van der Waals surface area contributed by atoms with Gasteiger partial charge in [0.2, 0.25) is 0 Å². The van der Waals surface area contributed by atoms with Gasteiger partial charge in [-0.2, -0.15) is 0 Å². The van der Waals surface area contributed by atoms with Crippen molar-refractivity contribution in [2.24, 2.45) is 0 Å². The first-order valence-electron chi connectivity index (χ1n) is 3.71. The molecule has 1 atom stereocenters. The number of likely N-dealkylation sites (N-methyl/N-ethyl adjacent to an activating group) is 1. The van der Waals surface area contributed by atoms with Crippen LogP contribution in [0, 0.1) is 0 Å². The zero-order chi connectivity index (χ0) is 6.69. The summed E-state index contributed by atoms with van der Waals surface area (Å²) in [6.07, 6.45) is 1.29. The minimum atomic E-state index is 0.715. The number of hydrogen-bond donors (Lipinski definition) is 1. The summed E-state index contributed by atoms with van der Waals surface area (Å²) < 4.78 is 0. The normalized spacial score (nSPS) is 32.0. The second-order valence-electron chi connectivity index (χ2n) is 2.89. The Hall–Kier alpha value is -0.0800. The third-order valence-corrected chi connectivity index (χ3v) is 2.06. The van der Waals surface area contributed by atoms with Gasteiger partial charge in [-0.15, -0.1) is 0 Å². The fourth-order valence-electron chi connectivity index (χ4n) is 1.14. The topological polar surface area (TPSA) is 15.3 Å². The van der Waals surface area contributed by atoms with Crippen molar-refractivity contribution in [2.45, 2.75) is 19.4 Å². The molecule has 2 nitrogen and oxygen atoms in total. The Morgan fingerprint density at radius 3 is 3.11 bits per heavy atom. The lowest BCUT2D eigenvalue weighted by molar-refractivity contribution is 0.275. The summed E-state index contributed by atoms with van der Waals surface area (Å²) >= 11 is 0. The maximum Gasteiger partial charge on any atom is 0.0189 e. The maximum atomic E-state index is 3.39. The van der Waals surface area contributed by atoms with Crippen LogP contribution in [0.1, 0.15) is 13.3 Å². The van der Waals surface area contributed by atoms with E-state index in [0.717, 1.165) is 6.54 Å². The lowest BCUT2D eigenvalue weighted by atomic mass is 10.3. The molecule has 0 unspecified atom stereocenters. The van der Waals surface area contributed by atoms with Crippen LogP contribution >= 0.6 is 0 Å². The summed E-state index contributed by atoms with van der Waals surface area (Å²) in [5.41, 5.74) is 0. The van der Waals surface area contributed by atoms with Crippen LogP contribution in [0.4, 0.5) is 0 Å². The van der Waals surface area contributed by atoms with Crippen LogP contribution in [-0.4, -0.2) is 37.6 Å². The van der Waals surface area contributed by atoms with E-state index < -0.39 is 0 Å². The molecule has 0 bridgehead atoms. The van der Waals surface area contributed by atoms with Crippen molar-refractivity contribution < 1.29 is 0 Å². The van der Waals surface area contributed by atoms with Crippen LogP contribution < -0.4 is 5.32 Å². The van der Waals surface area contributed by atoms with Crippen molar-refractivity contribution in [1.82, 2.24) is 10.2 Å². The van der Waals surface area contributed by atoms with Crippen LogP contribution in [0.25, 0.3) is 0 Å². The van der Waals surface area contributed by atoms with E-state index in [1.165, 1.54) is 19.5 Å². The summed E-state index contributed by atoms with van der Waals surface area (Å²) in [5.74, 6) is 0. The van der Waals surface area contributed by atoms with E-state index in [2.05, 4.69) is 24.2 Å². The van der Waals surface area contributed by atoms with Crippen molar-refractivity contribution in [3.05, 3.63) is 0 Å². The van der Waals surface area contributed by atoms with Crippen molar-refractivity contribution >= 4 is 0 Å². The van der Waals surface area contributed by atoms with Crippen molar-refractivity contribution in [3.63, 3.8) is 0 Å². The summed E-state index contributed by atoms with van der Waals surface area (Å²) in [7, 11) is 2.19. The highest BCUT2D eigenvalue weighted by molar-refractivity contribution is 4.70. The molecule has 0 amide bonds. The van der Waals surface area contributed by atoms with Gasteiger partial charge in [0.25, 0.3) is 0 Å². The van der Waals surface area contributed by atoms with E-state index in [9.17, 15) is 0 Å². The predicted molar refractivity (Wildman–Crippen MR) is 39.6 cm³/mol. The van der Waals surface area contributed by atoms with Gasteiger partial charge < -0.3 is 10.2 Å². The Labute approximate surface area is 57.2 Å². The minimum Gasteiger partial charge on any atom is -0.315 e. The van der Waals surface area contributed by atoms with Crippen LogP contribution in [0.3, 0.4) is 0 Å². The molecule has 0 aliphatic carbocycles. The molecule has 54 valence electrons. The molecular formula is C7H16N2. The monoisotopic (exact) mass is 128 g/mol. The molecule has 0 radical (unpaired) electrons. The molecule has 1 saturated heterocycles. The Morgan fingerprint density at radius 2 is 2.33 bits per heavy atom. The van der Waals surface area contributed by atoms with Gasteiger partial charge in [0.15, 0.2) is 0 Å². The largest absolute Gasteiger partial charge is 0.315 e. The third kappa shape index (κ3) is 1.95. The molecule has 1 heterocycles. The van der Waals surface area contributed by atoms with Gasteiger partial charge in [-0.25, -0.2) is 0 Å². The van der Waals surface area contributed by atoms with Crippen LogP contribution in [0.15, 0.2) is 0 Å². The van der Waals surface area contributed by atoms with E-state index >= 15 is 0 Å². The van der Waals surface area contributed by atoms with Crippen LogP contribution in [0.5, 0.6) is 0 Å². The van der Waals surface area contributed by atoms with Crippen LogP contribution in [-0.2, 0) is 0 Å². The molecule has 1 rings (SSSR count). The molecule has 0 saturated carbocycles. The first-order valence-corrected chi connectivity index (χ1v) is 3.71. The molecule has 1 aliphatic heterocycles. The molecule has 0 spiro atoms. The Kier molecular flexibility index (Phi) is 2.49. The number of hydrogen-bond acceptors (Lipinski definition) is 2. The Bertz CT molecular complexity index is 73.0. The zero-order valence-electron chi connectivity index (χ0n) is 6.35. The molecular weight excluding hydrogens is 112 g/mol. The van der Waals surface area contributed by atoms with Gasteiger partial charge in [-0.1, -0.05) is 0 Å². The summed E-state index contributed by atoms with van der Waals surface area (Å²) in [4.78, 5) is 2.40. The van der Waals surface area contributed by atoms with E-state index in [4.69, 9.17) is 0 Å². The SMILES string of the molecule is C[C@H]1CNCCCN1C. The fraction of sp³-hybridized carbons (Fsp3) is 1.00. The average Bonchev–Trinajstić information content (AvgIpc) is 1.99. The van der Waals surface area contributed by atoms with Gasteiger partial charge in [-0.05, 0) is 33.5 Å². The van der Waals surface area contributed by atoms with Gasteiger partial charge in [0.05, 0.1) is 0 Å². The number of nitrogens with one attached hydrogen (secondary N) is 1. The molecule has 1 aliphatic rings. The molecule has 1 fully saturated rings. The second kappa shape index (κ2) is 3.18. The average molecular weight is 128 g/mol. The smallest absolute Gasteiger partial charge is 0.0189 e. The third-order valence-electron chi connectivity index (χ3n) is 2.06. The maximum absolute atomic E-state index is 3.39. The van der Waals surface area contributed by atoms with E-state index in [1.807, 2.05) is 0 Å². The van der Waals surface area contributed by atoms with Crippen molar-refractivity contribution in [1.29, 1.82) is 0 Å². The zero-order valence-corrected chi connectivity index (χ0v) is 6.35. The second-order valence-corrected chi connectivity index (χ2v) is 2.89. The molecule has 1 N–H and O–H groups in total. The first kappa shape index (κ1) is 7.03. The van der Waals surface area contributed by atoms with Crippen molar-refractivity contribution in [2.75, 3.05) is 26.7 Å². The molecule has 0 aromatic rings. The lowest BCUT2D eigenvalue weighted by Crippen LogP contribution is -2.33.